The van der Waals surface area contributed by atoms with Crippen molar-refractivity contribution in [3.05, 3.63) is 54.0 Å². The van der Waals surface area contributed by atoms with Crippen LogP contribution in [-0.4, -0.2) is 23.6 Å². The minimum Gasteiger partial charge on any atom is -0.489 e. The lowest BCUT2D eigenvalue weighted by Gasteiger charge is -2.13. The molecule has 0 radical (unpaired) electrons. The second-order valence-corrected chi connectivity index (χ2v) is 7.17. The standard InChI is InChI=1S/C23H23FN2O3/c1-5-26-11-10-16-20(26)18(28-13(2)3)12-17-19(23(27)25-4)21(29-22(16)17)14-6-8-15(24)9-7-14/h6-13H,5H2,1-4H3,(H,25,27). The Balaban J connectivity index is 2.10. The zero-order valence-electron chi connectivity index (χ0n) is 16.9. The molecule has 1 amide bonds. The molecule has 0 bridgehead atoms. The largest absolute Gasteiger partial charge is 0.489 e. The third kappa shape index (κ3) is 3.14. The summed E-state index contributed by atoms with van der Waals surface area (Å²) in [5.41, 5.74) is 2.59. The summed E-state index contributed by atoms with van der Waals surface area (Å²) in [6, 6.07) is 9.77. The summed E-state index contributed by atoms with van der Waals surface area (Å²) in [5, 5.41) is 4.23. The minimum absolute atomic E-state index is 0.0252. The van der Waals surface area contributed by atoms with E-state index in [1.807, 2.05) is 32.2 Å². The van der Waals surface area contributed by atoms with Crippen molar-refractivity contribution in [2.75, 3.05) is 7.05 Å². The third-order valence-corrected chi connectivity index (χ3v) is 4.93. The Kier molecular flexibility index (Phi) is 4.78. The van der Waals surface area contributed by atoms with Gasteiger partial charge in [-0.15, -0.1) is 0 Å². The molecule has 0 unspecified atom stereocenters. The van der Waals surface area contributed by atoms with Gasteiger partial charge in [0.15, 0.2) is 0 Å². The number of hydrogen-bond acceptors (Lipinski definition) is 3. The number of nitrogens with zero attached hydrogens (tertiary/aromatic N) is 1. The molecule has 2 aromatic heterocycles. The summed E-state index contributed by atoms with van der Waals surface area (Å²) in [6.07, 6.45) is 1.96. The van der Waals surface area contributed by atoms with Crippen LogP contribution in [-0.2, 0) is 6.54 Å². The van der Waals surface area contributed by atoms with Gasteiger partial charge in [0.05, 0.1) is 17.2 Å². The van der Waals surface area contributed by atoms with Gasteiger partial charge >= 0.3 is 0 Å². The highest BCUT2D eigenvalue weighted by molar-refractivity contribution is 6.17. The van der Waals surface area contributed by atoms with Gasteiger partial charge in [0, 0.05) is 36.1 Å². The number of rotatable bonds is 5. The van der Waals surface area contributed by atoms with Crippen molar-refractivity contribution in [3.8, 4) is 17.1 Å². The minimum atomic E-state index is -0.346. The highest BCUT2D eigenvalue weighted by atomic mass is 19.1. The number of nitrogens with one attached hydrogen (secondary N) is 1. The Morgan fingerprint density at radius 1 is 1.21 bits per heavy atom. The van der Waals surface area contributed by atoms with E-state index in [2.05, 4.69) is 16.8 Å². The molecule has 6 heteroatoms. The first-order chi connectivity index (χ1) is 13.9. The number of hydrogen-bond donors (Lipinski definition) is 1. The van der Waals surface area contributed by atoms with Crippen LogP contribution in [0.5, 0.6) is 5.75 Å². The molecular formula is C23H23FN2O3. The number of furan rings is 1. The van der Waals surface area contributed by atoms with Gasteiger partial charge in [-0.2, -0.15) is 0 Å². The Bertz CT molecular complexity index is 1200. The molecule has 0 atom stereocenters. The maximum atomic E-state index is 13.4. The number of carbonyl (C=O) groups excluding carboxylic acids is 1. The monoisotopic (exact) mass is 394 g/mol. The first-order valence-corrected chi connectivity index (χ1v) is 9.67. The molecule has 0 fully saturated rings. The topological polar surface area (TPSA) is 56.4 Å². The van der Waals surface area contributed by atoms with Gasteiger partial charge in [0.25, 0.3) is 5.91 Å². The molecule has 2 aromatic carbocycles. The fourth-order valence-corrected chi connectivity index (χ4v) is 3.67. The number of benzene rings is 2. The second-order valence-electron chi connectivity index (χ2n) is 7.17. The normalized spacial score (nSPS) is 11.5. The lowest BCUT2D eigenvalue weighted by atomic mass is 10.0. The maximum Gasteiger partial charge on any atom is 0.255 e. The number of amides is 1. The van der Waals surface area contributed by atoms with E-state index in [0.29, 0.717) is 33.6 Å². The maximum absolute atomic E-state index is 13.4. The number of carbonyl (C=O) groups is 1. The van der Waals surface area contributed by atoms with E-state index in [-0.39, 0.29) is 17.8 Å². The van der Waals surface area contributed by atoms with Gasteiger partial charge in [-0.05, 0) is 57.2 Å². The van der Waals surface area contributed by atoms with Gasteiger partial charge < -0.3 is 19.0 Å². The predicted octanol–water partition coefficient (Wildman–Crippen LogP) is 5.36. The number of fused-ring (bicyclic) bond motifs is 3. The zero-order valence-corrected chi connectivity index (χ0v) is 16.9. The van der Waals surface area contributed by atoms with Crippen molar-refractivity contribution in [2.45, 2.75) is 33.4 Å². The molecule has 29 heavy (non-hydrogen) atoms. The summed E-state index contributed by atoms with van der Waals surface area (Å²) in [6.45, 7) is 6.77. The van der Waals surface area contributed by atoms with Crippen LogP contribution in [0, 0.1) is 5.82 Å². The summed E-state index contributed by atoms with van der Waals surface area (Å²) >= 11 is 0. The molecule has 0 aliphatic rings. The highest BCUT2D eigenvalue weighted by Crippen LogP contribution is 2.42. The van der Waals surface area contributed by atoms with Gasteiger partial charge in [0.2, 0.25) is 0 Å². The third-order valence-electron chi connectivity index (χ3n) is 4.93. The quantitative estimate of drug-likeness (QED) is 0.496. The van der Waals surface area contributed by atoms with Crippen molar-refractivity contribution >= 4 is 27.8 Å². The van der Waals surface area contributed by atoms with E-state index in [4.69, 9.17) is 9.15 Å². The predicted molar refractivity (Wildman–Crippen MR) is 112 cm³/mol. The summed E-state index contributed by atoms with van der Waals surface area (Å²) in [4.78, 5) is 12.8. The zero-order chi connectivity index (χ0) is 20.7. The Labute approximate surface area is 168 Å². The Hall–Kier alpha value is -3.28. The van der Waals surface area contributed by atoms with Gasteiger partial charge in [0.1, 0.15) is 22.9 Å². The van der Waals surface area contributed by atoms with Crippen molar-refractivity contribution < 1.29 is 18.3 Å². The van der Waals surface area contributed by atoms with Crippen LogP contribution >= 0.6 is 0 Å². The number of ether oxygens (including phenoxy) is 1. The average molecular weight is 394 g/mol. The summed E-state index contributed by atoms with van der Waals surface area (Å²) in [7, 11) is 1.58. The van der Waals surface area contributed by atoms with E-state index >= 15 is 0 Å². The molecule has 150 valence electrons. The van der Waals surface area contributed by atoms with E-state index in [0.717, 1.165) is 17.4 Å². The molecule has 0 spiro atoms. The molecule has 2 heterocycles. The van der Waals surface area contributed by atoms with E-state index < -0.39 is 0 Å². The lowest BCUT2D eigenvalue weighted by Crippen LogP contribution is -2.18. The molecule has 1 N–H and O–H groups in total. The van der Waals surface area contributed by atoms with Crippen LogP contribution in [0.3, 0.4) is 0 Å². The summed E-state index contributed by atoms with van der Waals surface area (Å²) in [5.74, 6) is 0.492. The van der Waals surface area contributed by atoms with Crippen LogP contribution in [0.15, 0.2) is 47.0 Å². The van der Waals surface area contributed by atoms with Crippen molar-refractivity contribution in [1.82, 2.24) is 9.88 Å². The van der Waals surface area contributed by atoms with Crippen molar-refractivity contribution in [3.63, 3.8) is 0 Å². The van der Waals surface area contributed by atoms with E-state index in [1.165, 1.54) is 12.1 Å². The van der Waals surface area contributed by atoms with Crippen LogP contribution in [0.25, 0.3) is 33.2 Å². The molecule has 0 aliphatic heterocycles. The fraction of sp³-hybridized carbons (Fsp3) is 0.261. The Morgan fingerprint density at radius 3 is 2.55 bits per heavy atom. The first-order valence-electron chi connectivity index (χ1n) is 9.67. The molecular weight excluding hydrogens is 371 g/mol. The first kappa shape index (κ1) is 19.1. The van der Waals surface area contributed by atoms with Gasteiger partial charge in [-0.1, -0.05) is 0 Å². The van der Waals surface area contributed by atoms with Crippen LogP contribution in [0.1, 0.15) is 31.1 Å². The van der Waals surface area contributed by atoms with Crippen LogP contribution < -0.4 is 10.1 Å². The average Bonchev–Trinajstić information content (AvgIpc) is 3.29. The SMILES string of the molecule is CCn1ccc2c3oc(-c4ccc(F)cc4)c(C(=O)NC)c3cc(OC(C)C)c21. The molecule has 4 rings (SSSR count). The highest BCUT2D eigenvalue weighted by Gasteiger charge is 2.25. The molecule has 0 saturated carbocycles. The smallest absolute Gasteiger partial charge is 0.255 e. The molecule has 4 aromatic rings. The molecule has 5 nitrogen and oxygen atoms in total. The Morgan fingerprint density at radius 2 is 1.93 bits per heavy atom. The van der Waals surface area contributed by atoms with Gasteiger partial charge in [-0.3, -0.25) is 4.79 Å². The van der Waals surface area contributed by atoms with Crippen LogP contribution in [0.4, 0.5) is 4.39 Å². The number of aromatic nitrogens is 1. The van der Waals surface area contributed by atoms with Crippen molar-refractivity contribution in [2.24, 2.45) is 0 Å². The molecule has 0 aliphatic carbocycles. The van der Waals surface area contributed by atoms with Gasteiger partial charge in [-0.25, -0.2) is 4.39 Å². The molecule has 0 saturated heterocycles. The lowest BCUT2D eigenvalue weighted by molar-refractivity contribution is 0.0964. The van der Waals surface area contributed by atoms with E-state index in [9.17, 15) is 9.18 Å². The fourth-order valence-electron chi connectivity index (χ4n) is 3.67. The number of halogens is 1. The second kappa shape index (κ2) is 7.28. The summed E-state index contributed by atoms with van der Waals surface area (Å²) < 4.78 is 27.8. The van der Waals surface area contributed by atoms with Crippen LogP contribution in [0.2, 0.25) is 0 Å². The number of aryl methyl sites for hydroxylation is 1. The van der Waals surface area contributed by atoms with Crippen molar-refractivity contribution in [1.29, 1.82) is 0 Å². The van der Waals surface area contributed by atoms with E-state index in [1.54, 1.807) is 19.2 Å².